The first-order chi connectivity index (χ1) is 10.7. The molecule has 0 saturated heterocycles. The summed E-state index contributed by atoms with van der Waals surface area (Å²) in [6, 6.07) is 25.9. The lowest BCUT2D eigenvalue weighted by Crippen LogP contribution is -1.81. The number of aryl methyl sites for hydroxylation is 2. The van der Waals surface area contributed by atoms with E-state index in [9.17, 15) is 0 Å². The Kier molecular flexibility index (Phi) is 4.91. The molecule has 3 aromatic rings. The molecule has 0 aliphatic heterocycles. The summed E-state index contributed by atoms with van der Waals surface area (Å²) < 4.78 is 0. The Labute approximate surface area is 141 Å². The second-order valence-corrected chi connectivity index (χ2v) is 7.51. The third-order valence-electron chi connectivity index (χ3n) is 3.28. The van der Waals surface area contributed by atoms with Crippen molar-refractivity contribution < 1.29 is 0 Å². The van der Waals surface area contributed by atoms with Crippen molar-refractivity contribution in [1.29, 1.82) is 0 Å². The molecule has 0 saturated carbocycles. The van der Waals surface area contributed by atoms with Crippen molar-refractivity contribution in [3.05, 3.63) is 83.9 Å². The van der Waals surface area contributed by atoms with E-state index in [0.717, 1.165) is 0 Å². The van der Waals surface area contributed by atoms with Crippen LogP contribution < -0.4 is 0 Å². The first-order valence-electron chi connectivity index (χ1n) is 7.29. The molecule has 0 amide bonds. The normalized spacial score (nSPS) is 10.6. The van der Waals surface area contributed by atoms with Crippen LogP contribution in [0.4, 0.5) is 0 Å². The van der Waals surface area contributed by atoms with Crippen LogP contribution in [-0.2, 0) is 0 Å². The van der Waals surface area contributed by atoms with E-state index in [1.165, 1.54) is 30.7 Å². The summed E-state index contributed by atoms with van der Waals surface area (Å²) in [7, 11) is 0. The molecule has 0 aliphatic rings. The zero-order valence-electron chi connectivity index (χ0n) is 12.7. The summed E-state index contributed by atoms with van der Waals surface area (Å²) in [5.41, 5.74) is 2.60. The number of hydrogen-bond donors (Lipinski definition) is 0. The molecule has 22 heavy (non-hydrogen) atoms. The van der Waals surface area contributed by atoms with Crippen LogP contribution in [-0.4, -0.2) is 0 Å². The molecule has 0 spiro atoms. The van der Waals surface area contributed by atoms with Gasteiger partial charge in [-0.1, -0.05) is 71.0 Å². The molecule has 0 fully saturated rings. The molecule has 2 heteroatoms. The van der Waals surface area contributed by atoms with Gasteiger partial charge in [-0.3, -0.25) is 0 Å². The van der Waals surface area contributed by atoms with Crippen LogP contribution in [0.25, 0.3) is 0 Å². The van der Waals surface area contributed by atoms with Gasteiger partial charge < -0.3 is 0 Å². The van der Waals surface area contributed by atoms with Crippen LogP contribution in [0.5, 0.6) is 0 Å². The first-order valence-corrected chi connectivity index (χ1v) is 8.92. The molecule has 0 unspecified atom stereocenters. The Morgan fingerprint density at radius 3 is 1.41 bits per heavy atom. The molecule has 0 radical (unpaired) electrons. The van der Waals surface area contributed by atoms with Gasteiger partial charge in [0.05, 0.1) is 0 Å². The first kappa shape index (κ1) is 15.3. The van der Waals surface area contributed by atoms with Crippen LogP contribution in [0, 0.1) is 13.8 Å². The van der Waals surface area contributed by atoms with Crippen molar-refractivity contribution in [2.24, 2.45) is 0 Å². The summed E-state index contributed by atoms with van der Waals surface area (Å²) >= 11 is 3.66. The van der Waals surface area contributed by atoms with Gasteiger partial charge in [-0.05, 0) is 50.2 Å². The van der Waals surface area contributed by atoms with Crippen LogP contribution in [0.15, 0.2) is 92.4 Å². The van der Waals surface area contributed by atoms with Crippen molar-refractivity contribution in [3.63, 3.8) is 0 Å². The summed E-state index contributed by atoms with van der Waals surface area (Å²) in [6.45, 7) is 4.27. The molecule has 0 atom stereocenters. The van der Waals surface area contributed by atoms with Crippen molar-refractivity contribution in [2.45, 2.75) is 33.4 Å². The van der Waals surface area contributed by atoms with Gasteiger partial charge >= 0.3 is 0 Å². The SMILES string of the molecule is Cc1cccc(Sc2ccccc2Sc2cccc(C)c2)c1. The Hall–Kier alpha value is -1.64. The van der Waals surface area contributed by atoms with Crippen molar-refractivity contribution >= 4 is 23.5 Å². The van der Waals surface area contributed by atoms with Crippen LogP contribution in [0.2, 0.25) is 0 Å². The van der Waals surface area contributed by atoms with E-state index in [1.54, 1.807) is 0 Å². The fourth-order valence-corrected chi connectivity index (χ4v) is 4.40. The second-order valence-electron chi connectivity index (χ2n) is 5.28. The molecular weight excluding hydrogens is 304 g/mol. The zero-order chi connectivity index (χ0) is 15.4. The van der Waals surface area contributed by atoms with Crippen molar-refractivity contribution in [2.75, 3.05) is 0 Å². The van der Waals surface area contributed by atoms with E-state index >= 15 is 0 Å². The molecule has 0 aliphatic carbocycles. The third-order valence-corrected chi connectivity index (χ3v) is 5.54. The lowest BCUT2D eigenvalue weighted by atomic mass is 10.2. The molecular formula is C20H18S2. The summed E-state index contributed by atoms with van der Waals surface area (Å²) in [5.74, 6) is 0. The lowest BCUT2D eigenvalue weighted by molar-refractivity contribution is 1.23. The van der Waals surface area contributed by atoms with Gasteiger partial charge in [0.2, 0.25) is 0 Å². The lowest BCUT2D eigenvalue weighted by Gasteiger charge is -2.09. The average molecular weight is 322 g/mol. The van der Waals surface area contributed by atoms with E-state index in [4.69, 9.17) is 0 Å². The maximum atomic E-state index is 2.23. The third kappa shape index (κ3) is 3.96. The monoisotopic (exact) mass is 322 g/mol. The van der Waals surface area contributed by atoms with Gasteiger partial charge in [-0.25, -0.2) is 0 Å². The zero-order valence-corrected chi connectivity index (χ0v) is 14.4. The Morgan fingerprint density at radius 1 is 0.545 bits per heavy atom. The predicted octanol–water partition coefficient (Wildman–Crippen LogP) is 6.61. The van der Waals surface area contributed by atoms with E-state index < -0.39 is 0 Å². The average Bonchev–Trinajstić information content (AvgIpc) is 2.49. The van der Waals surface area contributed by atoms with E-state index in [0.29, 0.717) is 0 Å². The summed E-state index contributed by atoms with van der Waals surface area (Å²) in [5, 5.41) is 0. The highest BCUT2D eigenvalue weighted by Gasteiger charge is 2.06. The smallest absolute Gasteiger partial charge is 0.0261 e. The molecule has 3 aromatic carbocycles. The molecule has 3 rings (SSSR count). The summed E-state index contributed by atoms with van der Waals surface area (Å²) in [4.78, 5) is 5.19. The molecule has 110 valence electrons. The quantitative estimate of drug-likeness (QED) is 0.530. The van der Waals surface area contributed by atoms with E-state index in [1.807, 2.05) is 23.5 Å². The molecule has 0 bridgehead atoms. The van der Waals surface area contributed by atoms with Gasteiger partial charge in [-0.15, -0.1) is 0 Å². The van der Waals surface area contributed by atoms with Gasteiger partial charge in [0, 0.05) is 19.6 Å². The molecule has 0 N–H and O–H groups in total. The minimum absolute atomic E-state index is 1.29. The minimum atomic E-state index is 1.29. The fourth-order valence-electron chi connectivity index (χ4n) is 2.23. The fraction of sp³-hybridized carbons (Fsp3) is 0.100. The van der Waals surface area contributed by atoms with Gasteiger partial charge in [0.25, 0.3) is 0 Å². The van der Waals surface area contributed by atoms with Crippen LogP contribution >= 0.6 is 23.5 Å². The minimum Gasteiger partial charge on any atom is -0.0889 e. The molecule has 0 aromatic heterocycles. The van der Waals surface area contributed by atoms with Gasteiger partial charge in [0.15, 0.2) is 0 Å². The van der Waals surface area contributed by atoms with E-state index in [2.05, 4.69) is 86.6 Å². The van der Waals surface area contributed by atoms with E-state index in [-0.39, 0.29) is 0 Å². The maximum Gasteiger partial charge on any atom is 0.0261 e. The summed E-state index contributed by atoms with van der Waals surface area (Å²) in [6.07, 6.45) is 0. The molecule has 0 nitrogen and oxygen atoms in total. The van der Waals surface area contributed by atoms with Crippen LogP contribution in [0.3, 0.4) is 0 Å². The maximum absolute atomic E-state index is 2.23. The van der Waals surface area contributed by atoms with Gasteiger partial charge in [0.1, 0.15) is 0 Å². The Bertz CT molecular complexity index is 711. The number of benzene rings is 3. The number of hydrogen-bond acceptors (Lipinski definition) is 2. The predicted molar refractivity (Wildman–Crippen MR) is 97.0 cm³/mol. The topological polar surface area (TPSA) is 0 Å². The largest absolute Gasteiger partial charge is 0.0889 e. The Balaban J connectivity index is 1.86. The van der Waals surface area contributed by atoms with Crippen LogP contribution in [0.1, 0.15) is 11.1 Å². The standard InChI is InChI=1S/C20H18S2/c1-15-7-5-9-17(13-15)21-19-11-3-4-12-20(19)22-18-10-6-8-16(2)14-18/h3-14H,1-2H3. The highest BCUT2D eigenvalue weighted by Crippen LogP contribution is 2.38. The van der Waals surface area contributed by atoms with Crippen molar-refractivity contribution in [1.82, 2.24) is 0 Å². The number of rotatable bonds is 4. The highest BCUT2D eigenvalue weighted by atomic mass is 32.2. The van der Waals surface area contributed by atoms with Gasteiger partial charge in [-0.2, -0.15) is 0 Å². The highest BCUT2D eigenvalue weighted by molar-refractivity contribution is 8.02. The second kappa shape index (κ2) is 7.08. The Morgan fingerprint density at radius 2 is 1.00 bits per heavy atom. The molecule has 0 heterocycles. The van der Waals surface area contributed by atoms with Crippen molar-refractivity contribution in [3.8, 4) is 0 Å².